The van der Waals surface area contributed by atoms with Gasteiger partial charge in [-0.15, -0.1) is 0 Å². The third-order valence-electron chi connectivity index (χ3n) is 5.48. The van der Waals surface area contributed by atoms with E-state index in [-0.39, 0.29) is 0 Å². The van der Waals surface area contributed by atoms with Gasteiger partial charge in [0.15, 0.2) is 0 Å². The van der Waals surface area contributed by atoms with Gasteiger partial charge in [0.2, 0.25) is 0 Å². The maximum atomic E-state index is 5.96. The number of likely N-dealkylation sites (N-methyl/N-ethyl adjacent to an activating group) is 1. The van der Waals surface area contributed by atoms with Gasteiger partial charge in [-0.05, 0) is 50.7 Å². The second-order valence-electron chi connectivity index (χ2n) is 7.10. The molecule has 3 aromatic rings. The van der Waals surface area contributed by atoms with Crippen LogP contribution in [0.4, 0.5) is 0 Å². The van der Waals surface area contributed by atoms with Crippen LogP contribution in [0.2, 0.25) is 0 Å². The van der Waals surface area contributed by atoms with E-state index in [1.165, 1.54) is 27.7 Å². The normalized spacial score (nSPS) is 17.6. The Bertz CT molecular complexity index is 882. The molecule has 1 atom stereocenters. The number of benzene rings is 2. The van der Waals surface area contributed by atoms with Crippen LogP contribution in [0.25, 0.3) is 10.9 Å². The quantitative estimate of drug-likeness (QED) is 0.695. The number of rotatable bonds is 4. The average molecular weight is 334 g/mol. The van der Waals surface area contributed by atoms with Crippen molar-refractivity contribution in [3.05, 3.63) is 65.4 Å². The molecule has 4 rings (SSSR count). The molecule has 1 aromatic heterocycles. The number of fused-ring (bicyclic) bond motifs is 3. The van der Waals surface area contributed by atoms with Crippen LogP contribution < -0.4 is 4.74 Å². The lowest BCUT2D eigenvalue weighted by atomic mass is 9.97. The predicted octanol–water partition coefficient (Wildman–Crippen LogP) is 4.58. The largest absolute Gasteiger partial charge is 0.492 e. The van der Waals surface area contributed by atoms with Gasteiger partial charge < -0.3 is 9.30 Å². The molecule has 3 nitrogen and oxygen atoms in total. The molecule has 0 aliphatic carbocycles. The molecule has 1 unspecified atom stereocenters. The van der Waals surface area contributed by atoms with Crippen molar-refractivity contribution in [3.63, 3.8) is 0 Å². The molecule has 0 N–H and O–H groups in total. The van der Waals surface area contributed by atoms with E-state index in [0.29, 0.717) is 12.6 Å². The zero-order valence-electron chi connectivity index (χ0n) is 15.3. The Kier molecular flexibility index (Phi) is 4.26. The fourth-order valence-corrected chi connectivity index (χ4v) is 4.01. The first-order valence-electron chi connectivity index (χ1n) is 9.15. The van der Waals surface area contributed by atoms with Crippen LogP contribution in [-0.4, -0.2) is 29.7 Å². The molecule has 0 amide bonds. The van der Waals surface area contributed by atoms with Gasteiger partial charge in [0, 0.05) is 35.6 Å². The lowest BCUT2D eigenvalue weighted by Crippen LogP contribution is -2.31. The minimum Gasteiger partial charge on any atom is -0.492 e. The number of aromatic nitrogens is 1. The van der Waals surface area contributed by atoms with E-state index in [1.807, 2.05) is 30.3 Å². The fraction of sp³-hybridized carbons (Fsp3) is 0.364. The lowest BCUT2D eigenvalue weighted by Gasteiger charge is -2.31. The highest BCUT2D eigenvalue weighted by atomic mass is 16.5. The first-order chi connectivity index (χ1) is 12.1. The molecule has 0 saturated carbocycles. The van der Waals surface area contributed by atoms with E-state index >= 15 is 0 Å². The van der Waals surface area contributed by atoms with E-state index in [1.54, 1.807) is 0 Å². The summed E-state index contributed by atoms with van der Waals surface area (Å²) >= 11 is 0. The lowest BCUT2D eigenvalue weighted by molar-refractivity contribution is 0.242. The molecule has 130 valence electrons. The highest BCUT2D eigenvalue weighted by Crippen LogP contribution is 2.37. The zero-order valence-corrected chi connectivity index (χ0v) is 15.3. The van der Waals surface area contributed by atoms with Crippen molar-refractivity contribution < 1.29 is 4.74 Å². The minimum absolute atomic E-state index is 0.462. The molecule has 0 bridgehead atoms. The van der Waals surface area contributed by atoms with Crippen molar-refractivity contribution in [2.45, 2.75) is 32.9 Å². The topological polar surface area (TPSA) is 17.4 Å². The van der Waals surface area contributed by atoms with Crippen molar-refractivity contribution in [2.75, 3.05) is 20.2 Å². The van der Waals surface area contributed by atoms with Crippen LogP contribution in [0.3, 0.4) is 0 Å². The van der Waals surface area contributed by atoms with Crippen LogP contribution in [0.5, 0.6) is 5.75 Å². The number of para-hydroxylation sites is 1. The molecule has 1 aliphatic heterocycles. The predicted molar refractivity (Wildman–Crippen MR) is 103 cm³/mol. The smallest absolute Gasteiger partial charge is 0.119 e. The van der Waals surface area contributed by atoms with Crippen molar-refractivity contribution in [1.29, 1.82) is 0 Å². The number of ether oxygens (including phenoxy) is 1. The fourth-order valence-electron chi connectivity index (χ4n) is 4.01. The first kappa shape index (κ1) is 16.2. The standard InChI is InChI=1S/C22H26N2O/c1-16-9-10-20-19(15-16)22-17(2)23(3)12-11-21(22)24(20)13-14-25-18-7-5-4-6-8-18/h4-10,15,17H,11-14H2,1-3H3. The van der Waals surface area contributed by atoms with Gasteiger partial charge in [-0.1, -0.05) is 29.8 Å². The summed E-state index contributed by atoms with van der Waals surface area (Å²) in [5, 5.41) is 1.41. The van der Waals surface area contributed by atoms with Crippen LogP contribution >= 0.6 is 0 Å². The molecular weight excluding hydrogens is 308 g/mol. The Balaban J connectivity index is 1.68. The molecule has 2 heterocycles. The van der Waals surface area contributed by atoms with Crippen LogP contribution in [0.15, 0.2) is 48.5 Å². The highest BCUT2D eigenvalue weighted by Gasteiger charge is 2.27. The van der Waals surface area contributed by atoms with Crippen LogP contribution in [-0.2, 0) is 13.0 Å². The van der Waals surface area contributed by atoms with Gasteiger partial charge in [0.1, 0.15) is 12.4 Å². The Hall–Kier alpha value is -2.26. The summed E-state index contributed by atoms with van der Waals surface area (Å²) in [7, 11) is 2.23. The molecule has 0 saturated heterocycles. The third kappa shape index (κ3) is 2.93. The van der Waals surface area contributed by atoms with Crippen LogP contribution in [0.1, 0.15) is 29.8 Å². The Morgan fingerprint density at radius 3 is 2.72 bits per heavy atom. The molecular formula is C22H26N2O. The zero-order chi connectivity index (χ0) is 17.4. The van der Waals surface area contributed by atoms with E-state index in [0.717, 1.165) is 25.3 Å². The van der Waals surface area contributed by atoms with E-state index in [2.05, 4.69) is 48.6 Å². The SMILES string of the molecule is Cc1ccc2c(c1)c1c(n2CCOc2ccccc2)CCN(C)C1C. The van der Waals surface area contributed by atoms with Gasteiger partial charge in [0.25, 0.3) is 0 Å². The summed E-state index contributed by atoms with van der Waals surface area (Å²) in [6, 6.07) is 17.4. The summed E-state index contributed by atoms with van der Waals surface area (Å²) < 4.78 is 8.44. The van der Waals surface area contributed by atoms with Crippen LogP contribution in [0, 0.1) is 6.92 Å². The maximum absolute atomic E-state index is 5.96. The number of aryl methyl sites for hydroxylation is 1. The number of nitrogens with zero attached hydrogens (tertiary/aromatic N) is 2. The Morgan fingerprint density at radius 2 is 1.92 bits per heavy atom. The summed E-state index contributed by atoms with van der Waals surface area (Å²) in [5.41, 5.74) is 5.66. The minimum atomic E-state index is 0.462. The van der Waals surface area contributed by atoms with E-state index in [4.69, 9.17) is 4.74 Å². The molecule has 0 spiro atoms. The summed E-state index contributed by atoms with van der Waals surface area (Å²) in [6.45, 7) is 7.20. The molecule has 2 aromatic carbocycles. The number of hydrogen-bond acceptors (Lipinski definition) is 2. The molecule has 25 heavy (non-hydrogen) atoms. The van der Waals surface area contributed by atoms with Gasteiger partial charge in [-0.2, -0.15) is 0 Å². The van der Waals surface area contributed by atoms with E-state index < -0.39 is 0 Å². The van der Waals surface area contributed by atoms with Crippen molar-refractivity contribution in [2.24, 2.45) is 0 Å². The van der Waals surface area contributed by atoms with Crippen molar-refractivity contribution in [3.8, 4) is 5.75 Å². The van der Waals surface area contributed by atoms with Gasteiger partial charge >= 0.3 is 0 Å². The van der Waals surface area contributed by atoms with Crippen molar-refractivity contribution in [1.82, 2.24) is 9.47 Å². The first-order valence-corrected chi connectivity index (χ1v) is 9.15. The molecule has 3 heteroatoms. The van der Waals surface area contributed by atoms with E-state index in [9.17, 15) is 0 Å². The Morgan fingerprint density at radius 1 is 1.12 bits per heavy atom. The van der Waals surface area contributed by atoms with Gasteiger partial charge in [0.05, 0.1) is 6.54 Å². The monoisotopic (exact) mass is 334 g/mol. The third-order valence-corrected chi connectivity index (χ3v) is 5.48. The van der Waals surface area contributed by atoms with Gasteiger partial charge in [-0.3, -0.25) is 4.90 Å². The Labute approximate surface area is 149 Å². The van der Waals surface area contributed by atoms with Gasteiger partial charge in [-0.25, -0.2) is 0 Å². The second kappa shape index (κ2) is 6.57. The molecule has 0 fully saturated rings. The maximum Gasteiger partial charge on any atom is 0.119 e. The summed E-state index contributed by atoms with van der Waals surface area (Å²) in [4.78, 5) is 2.45. The summed E-state index contributed by atoms with van der Waals surface area (Å²) in [6.07, 6.45) is 1.11. The number of hydrogen-bond donors (Lipinski definition) is 0. The molecule has 1 aliphatic rings. The average Bonchev–Trinajstić information content (AvgIpc) is 2.93. The highest BCUT2D eigenvalue weighted by molar-refractivity contribution is 5.87. The second-order valence-corrected chi connectivity index (χ2v) is 7.10. The summed E-state index contributed by atoms with van der Waals surface area (Å²) in [5.74, 6) is 0.941. The van der Waals surface area contributed by atoms with Crippen molar-refractivity contribution >= 4 is 10.9 Å². The molecule has 0 radical (unpaired) electrons.